The molecule has 0 bridgehead atoms. The number of aliphatic hydroxyl groups excluding tert-OH is 1. The van der Waals surface area contributed by atoms with Crippen LogP contribution in [0.3, 0.4) is 0 Å². The van der Waals surface area contributed by atoms with Crippen LogP contribution in [0.5, 0.6) is 5.75 Å². The average molecular weight is 246 g/mol. The molecule has 1 aliphatic rings. The topological polar surface area (TPSA) is 38.7 Å². The lowest BCUT2D eigenvalue weighted by Gasteiger charge is -2.23. The van der Waals surface area contributed by atoms with Crippen LogP contribution in [-0.2, 0) is 4.74 Å². The summed E-state index contributed by atoms with van der Waals surface area (Å²) >= 11 is 0. The third-order valence-corrected chi connectivity index (χ3v) is 2.81. The number of hydrogen-bond acceptors (Lipinski definition) is 3. The van der Waals surface area contributed by atoms with Gasteiger partial charge in [0.15, 0.2) is 0 Å². The fraction of sp³-hybridized carbons (Fsp3) is 0.467. The zero-order chi connectivity index (χ0) is 12.6. The number of benzene rings is 1. The number of hydrogen-bond donors (Lipinski definition) is 1. The normalized spacial score (nSPS) is 15.8. The molecule has 3 heteroatoms. The fourth-order valence-corrected chi connectivity index (χ4v) is 1.86. The Bertz CT molecular complexity index is 425. The van der Waals surface area contributed by atoms with Gasteiger partial charge >= 0.3 is 0 Å². The van der Waals surface area contributed by atoms with Crippen molar-refractivity contribution in [2.24, 2.45) is 0 Å². The fourth-order valence-electron chi connectivity index (χ4n) is 1.86. The molecule has 1 aliphatic heterocycles. The van der Waals surface area contributed by atoms with Crippen LogP contribution in [0, 0.1) is 11.8 Å². The largest absolute Gasteiger partial charge is 0.489 e. The Labute approximate surface area is 108 Å². The monoisotopic (exact) mass is 246 g/mol. The lowest BCUT2D eigenvalue weighted by molar-refractivity contribution is 0.0254. The van der Waals surface area contributed by atoms with Crippen molar-refractivity contribution in [2.75, 3.05) is 19.8 Å². The van der Waals surface area contributed by atoms with E-state index in [2.05, 4.69) is 11.8 Å². The minimum Gasteiger partial charge on any atom is -0.489 e. The molecule has 1 fully saturated rings. The first kappa shape index (κ1) is 12.9. The van der Waals surface area contributed by atoms with Gasteiger partial charge in [-0.1, -0.05) is 24.0 Å². The van der Waals surface area contributed by atoms with Crippen LogP contribution in [0.25, 0.3) is 0 Å². The van der Waals surface area contributed by atoms with Crippen molar-refractivity contribution in [1.29, 1.82) is 0 Å². The molecular formula is C15H18O3. The standard InChI is InChI=1S/C15H18O3/c16-10-4-3-6-13-5-1-2-7-15(13)18-14-8-11-17-12-9-14/h1-2,5,7,14,16H,4,8-12H2. The second-order valence-corrected chi connectivity index (χ2v) is 4.20. The Morgan fingerprint density at radius 1 is 1.28 bits per heavy atom. The maximum atomic E-state index is 8.73. The second-order valence-electron chi connectivity index (χ2n) is 4.20. The van der Waals surface area contributed by atoms with Gasteiger partial charge in [0.1, 0.15) is 11.9 Å². The maximum absolute atomic E-state index is 8.73. The zero-order valence-corrected chi connectivity index (χ0v) is 10.4. The highest BCUT2D eigenvalue weighted by atomic mass is 16.5. The van der Waals surface area contributed by atoms with Gasteiger partial charge in [0, 0.05) is 19.3 Å². The van der Waals surface area contributed by atoms with E-state index in [1.807, 2.05) is 24.3 Å². The first-order chi connectivity index (χ1) is 8.90. The Hall–Kier alpha value is -1.50. The summed E-state index contributed by atoms with van der Waals surface area (Å²) in [5, 5.41) is 8.73. The van der Waals surface area contributed by atoms with E-state index < -0.39 is 0 Å². The lowest BCUT2D eigenvalue weighted by Crippen LogP contribution is -2.26. The van der Waals surface area contributed by atoms with E-state index in [-0.39, 0.29) is 12.7 Å². The number of ether oxygens (including phenoxy) is 2. The van der Waals surface area contributed by atoms with E-state index in [4.69, 9.17) is 14.6 Å². The van der Waals surface area contributed by atoms with Crippen LogP contribution in [0.2, 0.25) is 0 Å². The highest BCUT2D eigenvalue weighted by Crippen LogP contribution is 2.21. The summed E-state index contributed by atoms with van der Waals surface area (Å²) in [5.74, 6) is 6.79. The highest BCUT2D eigenvalue weighted by molar-refractivity contribution is 5.45. The molecule has 0 saturated carbocycles. The van der Waals surface area contributed by atoms with Crippen molar-refractivity contribution in [2.45, 2.75) is 25.4 Å². The molecule has 1 saturated heterocycles. The number of para-hydroxylation sites is 1. The van der Waals surface area contributed by atoms with Crippen molar-refractivity contribution >= 4 is 0 Å². The van der Waals surface area contributed by atoms with Crippen molar-refractivity contribution in [1.82, 2.24) is 0 Å². The van der Waals surface area contributed by atoms with Crippen molar-refractivity contribution in [3.8, 4) is 17.6 Å². The van der Waals surface area contributed by atoms with E-state index in [0.717, 1.165) is 37.4 Å². The summed E-state index contributed by atoms with van der Waals surface area (Å²) in [4.78, 5) is 0. The second kappa shape index (κ2) is 7.05. The predicted molar refractivity (Wildman–Crippen MR) is 69.5 cm³/mol. The van der Waals surface area contributed by atoms with Gasteiger partial charge < -0.3 is 14.6 Å². The van der Waals surface area contributed by atoms with Crippen molar-refractivity contribution < 1.29 is 14.6 Å². The van der Waals surface area contributed by atoms with E-state index in [0.29, 0.717) is 6.42 Å². The first-order valence-electron chi connectivity index (χ1n) is 6.33. The summed E-state index contributed by atoms with van der Waals surface area (Å²) < 4.78 is 11.3. The minimum absolute atomic E-state index is 0.0932. The van der Waals surface area contributed by atoms with E-state index >= 15 is 0 Å². The SMILES string of the molecule is OCCC#Cc1ccccc1OC1CCOCC1. The average Bonchev–Trinajstić information content (AvgIpc) is 2.42. The Morgan fingerprint density at radius 3 is 2.83 bits per heavy atom. The van der Waals surface area contributed by atoms with Crippen LogP contribution in [0.1, 0.15) is 24.8 Å². The van der Waals surface area contributed by atoms with Crippen molar-refractivity contribution in [3.63, 3.8) is 0 Å². The highest BCUT2D eigenvalue weighted by Gasteiger charge is 2.16. The summed E-state index contributed by atoms with van der Waals surface area (Å²) in [6, 6.07) is 7.78. The van der Waals surface area contributed by atoms with Crippen molar-refractivity contribution in [3.05, 3.63) is 29.8 Å². The number of aliphatic hydroxyl groups is 1. The summed E-state index contributed by atoms with van der Waals surface area (Å²) in [7, 11) is 0. The smallest absolute Gasteiger partial charge is 0.135 e. The van der Waals surface area contributed by atoms with Gasteiger partial charge in [-0.25, -0.2) is 0 Å². The third kappa shape index (κ3) is 3.76. The van der Waals surface area contributed by atoms with Crippen LogP contribution in [-0.4, -0.2) is 31.0 Å². The maximum Gasteiger partial charge on any atom is 0.135 e. The molecule has 0 radical (unpaired) electrons. The molecule has 1 aromatic carbocycles. The summed E-state index contributed by atoms with van der Waals surface area (Å²) in [6.07, 6.45) is 2.57. The number of rotatable bonds is 3. The van der Waals surface area contributed by atoms with Gasteiger partial charge in [-0.2, -0.15) is 0 Å². The Balaban J connectivity index is 2.05. The van der Waals surface area contributed by atoms with Crippen LogP contribution < -0.4 is 4.74 Å². The van der Waals surface area contributed by atoms with Gasteiger partial charge in [-0.05, 0) is 12.1 Å². The molecule has 0 spiro atoms. The first-order valence-corrected chi connectivity index (χ1v) is 6.33. The molecule has 0 amide bonds. The van der Waals surface area contributed by atoms with Gasteiger partial charge in [0.25, 0.3) is 0 Å². The van der Waals surface area contributed by atoms with Crippen LogP contribution in [0.15, 0.2) is 24.3 Å². The van der Waals surface area contributed by atoms with Crippen LogP contribution in [0.4, 0.5) is 0 Å². The summed E-state index contributed by atoms with van der Waals surface area (Å²) in [5.41, 5.74) is 0.887. The molecule has 2 rings (SSSR count). The molecule has 1 aromatic rings. The van der Waals surface area contributed by atoms with Crippen LogP contribution >= 0.6 is 0 Å². The minimum atomic E-state index is 0.0932. The molecule has 0 atom stereocenters. The molecule has 3 nitrogen and oxygen atoms in total. The third-order valence-electron chi connectivity index (χ3n) is 2.81. The molecule has 0 unspecified atom stereocenters. The Morgan fingerprint density at radius 2 is 2.06 bits per heavy atom. The molecule has 1 heterocycles. The van der Waals surface area contributed by atoms with E-state index in [1.165, 1.54) is 0 Å². The summed E-state index contributed by atoms with van der Waals surface area (Å²) in [6.45, 7) is 1.63. The van der Waals surface area contributed by atoms with Gasteiger partial charge in [0.2, 0.25) is 0 Å². The zero-order valence-electron chi connectivity index (χ0n) is 10.4. The lowest BCUT2D eigenvalue weighted by atomic mass is 10.1. The van der Waals surface area contributed by atoms with E-state index in [9.17, 15) is 0 Å². The molecule has 18 heavy (non-hydrogen) atoms. The predicted octanol–water partition coefficient (Wildman–Crippen LogP) is 1.98. The molecular weight excluding hydrogens is 228 g/mol. The molecule has 1 N–H and O–H groups in total. The quantitative estimate of drug-likeness (QED) is 0.829. The Kier molecular flexibility index (Phi) is 5.07. The molecule has 0 aromatic heterocycles. The van der Waals surface area contributed by atoms with Gasteiger partial charge in [0.05, 0.1) is 25.4 Å². The molecule has 96 valence electrons. The van der Waals surface area contributed by atoms with Gasteiger partial charge in [-0.15, -0.1) is 0 Å². The van der Waals surface area contributed by atoms with Gasteiger partial charge in [-0.3, -0.25) is 0 Å². The molecule has 0 aliphatic carbocycles. The van der Waals surface area contributed by atoms with E-state index in [1.54, 1.807) is 0 Å².